The predicted molar refractivity (Wildman–Crippen MR) is 55.8 cm³/mol. The summed E-state index contributed by atoms with van der Waals surface area (Å²) in [7, 11) is 0. The van der Waals surface area contributed by atoms with Crippen molar-refractivity contribution in [1.29, 1.82) is 0 Å². The molecule has 1 rings (SSSR count). The molecule has 0 atom stereocenters. The highest BCUT2D eigenvalue weighted by Gasteiger charge is 2.16. The summed E-state index contributed by atoms with van der Waals surface area (Å²) < 4.78 is 5.44. The van der Waals surface area contributed by atoms with Gasteiger partial charge in [0.2, 0.25) is 0 Å². The molecule has 0 unspecified atom stereocenters. The fourth-order valence-electron chi connectivity index (χ4n) is 1.29. The molecule has 0 aromatic carbocycles. The van der Waals surface area contributed by atoms with E-state index >= 15 is 0 Å². The van der Waals surface area contributed by atoms with Crippen LogP contribution in [0.5, 0.6) is 0 Å². The van der Waals surface area contributed by atoms with Gasteiger partial charge in [0, 0.05) is 12.4 Å². The van der Waals surface area contributed by atoms with Crippen LogP contribution in [0.3, 0.4) is 0 Å². The summed E-state index contributed by atoms with van der Waals surface area (Å²) >= 11 is 4.11. The van der Waals surface area contributed by atoms with Crippen LogP contribution in [0.1, 0.15) is 25.7 Å². The molecule has 12 heavy (non-hydrogen) atoms. The van der Waals surface area contributed by atoms with Crippen molar-refractivity contribution in [2.45, 2.75) is 25.7 Å². The molecule has 1 nitrogen and oxygen atoms in total. The molecule has 0 bridgehead atoms. The van der Waals surface area contributed by atoms with Crippen LogP contribution < -0.4 is 0 Å². The fourth-order valence-corrected chi connectivity index (χ4v) is 1.38. The Kier molecular flexibility index (Phi) is 4.77. The van der Waals surface area contributed by atoms with Crippen LogP contribution in [0.2, 0.25) is 0 Å². The summed E-state index contributed by atoms with van der Waals surface area (Å²) in [6.07, 6.45) is 5.49. The first-order chi connectivity index (χ1) is 5.83. The monoisotopic (exact) mass is 186 g/mol. The Morgan fingerprint density at radius 2 is 2.25 bits per heavy atom. The van der Waals surface area contributed by atoms with E-state index in [4.69, 9.17) is 4.74 Å². The van der Waals surface area contributed by atoms with E-state index in [0.29, 0.717) is 6.61 Å². The molecule has 0 saturated heterocycles. The van der Waals surface area contributed by atoms with Gasteiger partial charge in [0.25, 0.3) is 0 Å². The van der Waals surface area contributed by atoms with E-state index in [1.165, 1.54) is 25.7 Å². The molecule has 0 aromatic rings. The van der Waals surface area contributed by atoms with Crippen molar-refractivity contribution in [1.82, 2.24) is 0 Å². The molecule has 0 aliphatic heterocycles. The molecule has 1 aliphatic rings. The van der Waals surface area contributed by atoms with Crippen molar-refractivity contribution in [2.24, 2.45) is 5.92 Å². The molecular weight excluding hydrogens is 168 g/mol. The van der Waals surface area contributed by atoms with E-state index in [1.54, 1.807) is 0 Å². The minimum Gasteiger partial charge on any atom is -0.377 e. The maximum Gasteiger partial charge on any atom is 0.0682 e. The van der Waals surface area contributed by atoms with Gasteiger partial charge in [-0.2, -0.15) is 12.6 Å². The third-order valence-electron chi connectivity index (χ3n) is 2.42. The normalized spacial score (nSPS) is 17.4. The average molecular weight is 186 g/mol. The van der Waals surface area contributed by atoms with Crippen LogP contribution >= 0.6 is 12.6 Å². The lowest BCUT2D eigenvalue weighted by Gasteiger charge is -2.24. The molecule has 0 N–H and O–H groups in total. The van der Waals surface area contributed by atoms with Gasteiger partial charge in [-0.3, -0.25) is 0 Å². The van der Waals surface area contributed by atoms with Crippen LogP contribution in [0.25, 0.3) is 0 Å². The van der Waals surface area contributed by atoms with Crippen molar-refractivity contribution < 1.29 is 4.74 Å². The number of ether oxygens (including phenoxy) is 1. The van der Waals surface area contributed by atoms with Crippen molar-refractivity contribution in [3.8, 4) is 0 Å². The van der Waals surface area contributed by atoms with Gasteiger partial charge in [-0.15, -0.1) is 0 Å². The first-order valence-corrected chi connectivity index (χ1v) is 5.31. The summed E-state index contributed by atoms with van der Waals surface area (Å²) in [5, 5.41) is 0. The topological polar surface area (TPSA) is 9.23 Å². The smallest absolute Gasteiger partial charge is 0.0682 e. The maximum absolute atomic E-state index is 5.44. The Labute approximate surface area is 80.6 Å². The van der Waals surface area contributed by atoms with Crippen LogP contribution in [0.4, 0.5) is 0 Å². The molecule has 0 heterocycles. The van der Waals surface area contributed by atoms with Gasteiger partial charge >= 0.3 is 0 Å². The van der Waals surface area contributed by atoms with Crippen LogP contribution in [-0.2, 0) is 4.74 Å². The molecule has 1 saturated carbocycles. The highest BCUT2D eigenvalue weighted by molar-refractivity contribution is 7.80. The lowest BCUT2D eigenvalue weighted by molar-refractivity contribution is 0.124. The quantitative estimate of drug-likeness (QED) is 0.381. The van der Waals surface area contributed by atoms with Gasteiger partial charge in [-0.1, -0.05) is 25.8 Å². The van der Waals surface area contributed by atoms with Crippen molar-refractivity contribution in [3.63, 3.8) is 0 Å². The highest BCUT2D eigenvalue weighted by atomic mass is 32.1. The van der Waals surface area contributed by atoms with E-state index in [2.05, 4.69) is 19.2 Å². The van der Waals surface area contributed by atoms with Crippen LogP contribution in [0, 0.1) is 5.92 Å². The van der Waals surface area contributed by atoms with Gasteiger partial charge in [0.05, 0.1) is 6.61 Å². The SMILES string of the molecule is C=C(CS)COCCC1CCC1. The van der Waals surface area contributed by atoms with Crippen molar-refractivity contribution in [3.05, 3.63) is 12.2 Å². The van der Waals surface area contributed by atoms with Gasteiger partial charge < -0.3 is 4.74 Å². The third kappa shape index (κ3) is 3.63. The molecule has 0 radical (unpaired) electrons. The second-order valence-corrected chi connectivity index (χ2v) is 3.86. The third-order valence-corrected chi connectivity index (χ3v) is 2.87. The molecule has 0 amide bonds. The van der Waals surface area contributed by atoms with E-state index in [0.717, 1.165) is 23.9 Å². The summed E-state index contributed by atoms with van der Waals surface area (Å²) in [5.41, 5.74) is 1.08. The lowest BCUT2D eigenvalue weighted by atomic mass is 9.83. The zero-order valence-corrected chi connectivity index (χ0v) is 8.48. The predicted octanol–water partition coefficient (Wildman–Crippen LogP) is 2.68. The Morgan fingerprint density at radius 3 is 2.75 bits per heavy atom. The number of thiol groups is 1. The number of hydrogen-bond donors (Lipinski definition) is 1. The van der Waals surface area contributed by atoms with E-state index < -0.39 is 0 Å². The lowest BCUT2D eigenvalue weighted by Crippen LogP contribution is -2.14. The Bertz CT molecular complexity index is 141. The van der Waals surface area contributed by atoms with Crippen LogP contribution in [0.15, 0.2) is 12.2 Å². The molecule has 0 spiro atoms. The molecular formula is C10H18OS. The van der Waals surface area contributed by atoms with Crippen LogP contribution in [-0.4, -0.2) is 19.0 Å². The second kappa shape index (κ2) is 5.65. The first kappa shape index (κ1) is 10.1. The van der Waals surface area contributed by atoms with E-state index in [1.807, 2.05) is 0 Å². The second-order valence-electron chi connectivity index (χ2n) is 3.55. The summed E-state index contributed by atoms with van der Waals surface area (Å²) in [6.45, 7) is 5.41. The van der Waals surface area contributed by atoms with Gasteiger partial charge in [0.1, 0.15) is 0 Å². The Balaban J connectivity index is 1.85. The first-order valence-electron chi connectivity index (χ1n) is 4.68. The average Bonchev–Trinajstić information content (AvgIpc) is 2.00. The fraction of sp³-hybridized carbons (Fsp3) is 0.800. The molecule has 70 valence electrons. The zero-order valence-electron chi connectivity index (χ0n) is 7.59. The zero-order chi connectivity index (χ0) is 8.81. The maximum atomic E-state index is 5.44. The number of hydrogen-bond acceptors (Lipinski definition) is 2. The van der Waals surface area contributed by atoms with E-state index in [9.17, 15) is 0 Å². The number of rotatable bonds is 6. The highest BCUT2D eigenvalue weighted by Crippen LogP contribution is 2.29. The molecule has 1 fully saturated rings. The molecule has 0 aromatic heterocycles. The molecule has 1 aliphatic carbocycles. The van der Waals surface area contributed by atoms with Crippen molar-refractivity contribution in [2.75, 3.05) is 19.0 Å². The Hall–Kier alpha value is 0.0500. The minimum atomic E-state index is 0.691. The minimum absolute atomic E-state index is 0.691. The Morgan fingerprint density at radius 1 is 1.50 bits per heavy atom. The largest absolute Gasteiger partial charge is 0.377 e. The van der Waals surface area contributed by atoms with Gasteiger partial charge in [-0.25, -0.2) is 0 Å². The van der Waals surface area contributed by atoms with E-state index in [-0.39, 0.29) is 0 Å². The van der Waals surface area contributed by atoms with Gasteiger partial charge in [-0.05, 0) is 17.9 Å². The van der Waals surface area contributed by atoms with Crippen molar-refractivity contribution >= 4 is 12.6 Å². The standard InChI is InChI=1S/C10H18OS/c1-9(8-12)7-11-6-5-10-3-2-4-10/h10,12H,1-8H2. The summed E-state index contributed by atoms with van der Waals surface area (Å²) in [6, 6.07) is 0. The summed E-state index contributed by atoms with van der Waals surface area (Å²) in [4.78, 5) is 0. The summed E-state index contributed by atoms with van der Waals surface area (Å²) in [5.74, 6) is 1.69. The van der Waals surface area contributed by atoms with Gasteiger partial charge in [0.15, 0.2) is 0 Å². The molecule has 2 heteroatoms.